The van der Waals surface area contributed by atoms with Crippen LogP contribution in [0.2, 0.25) is 0 Å². The van der Waals surface area contributed by atoms with Gasteiger partial charge in [0.05, 0.1) is 22.2 Å². The molecule has 126 valence electrons. The van der Waals surface area contributed by atoms with Crippen molar-refractivity contribution in [3.05, 3.63) is 66.4 Å². The summed E-state index contributed by atoms with van der Waals surface area (Å²) in [4.78, 5) is 6.25. The zero-order chi connectivity index (χ0) is 17.6. The topological polar surface area (TPSA) is 17.3 Å². The van der Waals surface area contributed by atoms with Crippen LogP contribution < -0.4 is 0 Å². The van der Waals surface area contributed by atoms with Crippen LogP contribution in [0.15, 0.2) is 65.7 Å². The van der Waals surface area contributed by atoms with Crippen LogP contribution in [0.25, 0.3) is 27.8 Å². The standard InChI is InChI=1S/C22H22N2S/c1-22(2,3)16-9-7-15(8-10-16)21-20-6-5-13-24(20)19-12-11-17(25-4)14-18(19)23-21/h5-14H,1-4H3. The van der Waals surface area contributed by atoms with Crippen molar-refractivity contribution in [2.45, 2.75) is 31.1 Å². The Labute approximate surface area is 152 Å². The number of fused-ring (bicyclic) bond motifs is 3. The molecule has 3 heteroatoms. The number of hydrogen-bond donors (Lipinski definition) is 0. The first-order valence-corrected chi connectivity index (χ1v) is 9.75. The van der Waals surface area contributed by atoms with Crippen molar-refractivity contribution < 1.29 is 0 Å². The minimum Gasteiger partial charge on any atom is -0.313 e. The monoisotopic (exact) mass is 346 g/mol. The van der Waals surface area contributed by atoms with E-state index in [2.05, 4.69) is 92.2 Å². The van der Waals surface area contributed by atoms with Gasteiger partial charge in [0.25, 0.3) is 0 Å². The van der Waals surface area contributed by atoms with Crippen LogP contribution in [-0.4, -0.2) is 15.6 Å². The molecule has 25 heavy (non-hydrogen) atoms. The van der Waals surface area contributed by atoms with E-state index >= 15 is 0 Å². The minimum atomic E-state index is 0.160. The predicted octanol–water partition coefficient (Wildman–Crippen LogP) is 6.17. The molecule has 2 nitrogen and oxygen atoms in total. The molecule has 0 radical (unpaired) electrons. The quantitative estimate of drug-likeness (QED) is 0.404. The Hall–Kier alpha value is -2.26. The summed E-state index contributed by atoms with van der Waals surface area (Å²) in [6.45, 7) is 6.72. The third kappa shape index (κ3) is 2.83. The second kappa shape index (κ2) is 5.92. The fourth-order valence-corrected chi connectivity index (χ4v) is 3.66. The Kier molecular flexibility index (Phi) is 3.84. The number of rotatable bonds is 2. The average molecular weight is 346 g/mol. The highest BCUT2D eigenvalue weighted by molar-refractivity contribution is 7.98. The van der Waals surface area contributed by atoms with Crippen molar-refractivity contribution in [1.29, 1.82) is 0 Å². The lowest BCUT2D eigenvalue weighted by Crippen LogP contribution is -2.10. The van der Waals surface area contributed by atoms with Gasteiger partial charge in [-0.05, 0) is 47.6 Å². The Morgan fingerprint density at radius 1 is 0.920 bits per heavy atom. The first-order valence-electron chi connectivity index (χ1n) is 8.53. The summed E-state index contributed by atoms with van der Waals surface area (Å²) < 4.78 is 2.24. The molecule has 2 aromatic heterocycles. The number of benzene rings is 2. The van der Waals surface area contributed by atoms with E-state index in [4.69, 9.17) is 4.98 Å². The van der Waals surface area contributed by atoms with E-state index in [1.54, 1.807) is 11.8 Å². The number of thioether (sulfide) groups is 1. The number of aromatic nitrogens is 2. The SMILES string of the molecule is CSc1ccc2c(c1)nc(-c1ccc(C(C)(C)C)cc1)c1cccn12. The van der Waals surface area contributed by atoms with Crippen molar-refractivity contribution in [3.63, 3.8) is 0 Å². The van der Waals surface area contributed by atoms with Crippen LogP contribution in [0.4, 0.5) is 0 Å². The first-order chi connectivity index (χ1) is 12.0. The second-order valence-corrected chi connectivity index (χ2v) is 8.29. The van der Waals surface area contributed by atoms with Gasteiger partial charge in [0, 0.05) is 16.7 Å². The van der Waals surface area contributed by atoms with Gasteiger partial charge >= 0.3 is 0 Å². The smallest absolute Gasteiger partial charge is 0.0950 e. The van der Waals surface area contributed by atoms with Crippen molar-refractivity contribution >= 4 is 28.3 Å². The van der Waals surface area contributed by atoms with E-state index < -0.39 is 0 Å². The third-order valence-electron chi connectivity index (χ3n) is 4.69. The molecule has 0 aliphatic carbocycles. The number of nitrogens with zero attached hydrogens (tertiary/aromatic N) is 2. The van der Waals surface area contributed by atoms with Gasteiger partial charge < -0.3 is 4.40 Å². The number of hydrogen-bond acceptors (Lipinski definition) is 2. The fourth-order valence-electron chi connectivity index (χ4n) is 3.23. The summed E-state index contributed by atoms with van der Waals surface area (Å²) in [5, 5.41) is 0. The van der Waals surface area contributed by atoms with E-state index in [1.807, 2.05) is 0 Å². The van der Waals surface area contributed by atoms with E-state index in [-0.39, 0.29) is 5.41 Å². The van der Waals surface area contributed by atoms with Gasteiger partial charge in [-0.25, -0.2) is 4.98 Å². The zero-order valence-electron chi connectivity index (χ0n) is 15.1. The van der Waals surface area contributed by atoms with Gasteiger partial charge in [-0.3, -0.25) is 0 Å². The lowest BCUT2D eigenvalue weighted by molar-refractivity contribution is 0.590. The maximum absolute atomic E-state index is 5.01. The summed E-state index contributed by atoms with van der Waals surface area (Å²) in [7, 11) is 0. The van der Waals surface area contributed by atoms with Crippen LogP contribution in [0.3, 0.4) is 0 Å². The molecule has 4 rings (SSSR count). The van der Waals surface area contributed by atoms with Gasteiger partial charge in [0.2, 0.25) is 0 Å². The molecule has 0 bridgehead atoms. The lowest BCUT2D eigenvalue weighted by Gasteiger charge is -2.19. The molecule has 0 aliphatic rings. The molecular weight excluding hydrogens is 324 g/mol. The summed E-state index contributed by atoms with van der Waals surface area (Å²) in [5.74, 6) is 0. The Balaban J connectivity index is 1.94. The normalized spacial score (nSPS) is 12.2. The Morgan fingerprint density at radius 2 is 1.68 bits per heavy atom. The molecule has 0 amide bonds. The predicted molar refractivity (Wildman–Crippen MR) is 109 cm³/mol. The van der Waals surface area contributed by atoms with Crippen molar-refractivity contribution in [1.82, 2.24) is 9.38 Å². The van der Waals surface area contributed by atoms with E-state index in [9.17, 15) is 0 Å². The van der Waals surface area contributed by atoms with E-state index in [0.717, 1.165) is 27.8 Å². The summed E-state index contributed by atoms with van der Waals surface area (Å²) in [5.41, 5.74) is 7.02. The Morgan fingerprint density at radius 3 is 2.36 bits per heavy atom. The van der Waals surface area contributed by atoms with Gasteiger partial charge in [-0.2, -0.15) is 0 Å². The maximum Gasteiger partial charge on any atom is 0.0950 e. The zero-order valence-corrected chi connectivity index (χ0v) is 15.9. The van der Waals surface area contributed by atoms with E-state index in [0.29, 0.717) is 0 Å². The Bertz CT molecular complexity index is 1050. The second-order valence-electron chi connectivity index (χ2n) is 7.41. The van der Waals surface area contributed by atoms with Gasteiger partial charge in [0.1, 0.15) is 0 Å². The average Bonchev–Trinajstić information content (AvgIpc) is 3.09. The molecule has 0 saturated carbocycles. The molecule has 0 fully saturated rings. The highest BCUT2D eigenvalue weighted by atomic mass is 32.2. The molecular formula is C22H22N2S. The molecule has 0 unspecified atom stereocenters. The molecule has 0 saturated heterocycles. The molecule has 0 N–H and O–H groups in total. The van der Waals surface area contributed by atoms with Gasteiger partial charge in [-0.15, -0.1) is 11.8 Å². The summed E-state index contributed by atoms with van der Waals surface area (Å²) in [6, 6.07) is 19.6. The minimum absolute atomic E-state index is 0.160. The van der Waals surface area contributed by atoms with Crippen LogP contribution >= 0.6 is 11.8 Å². The van der Waals surface area contributed by atoms with Crippen molar-refractivity contribution in [3.8, 4) is 11.3 Å². The highest BCUT2D eigenvalue weighted by Gasteiger charge is 2.15. The van der Waals surface area contributed by atoms with Gasteiger partial charge in [-0.1, -0.05) is 45.0 Å². The van der Waals surface area contributed by atoms with E-state index in [1.165, 1.54) is 10.5 Å². The fraction of sp³-hybridized carbons (Fsp3) is 0.227. The summed E-state index contributed by atoms with van der Waals surface area (Å²) in [6.07, 6.45) is 4.21. The van der Waals surface area contributed by atoms with Crippen LogP contribution in [0.5, 0.6) is 0 Å². The maximum atomic E-state index is 5.01. The van der Waals surface area contributed by atoms with Gasteiger partial charge in [0.15, 0.2) is 0 Å². The lowest BCUT2D eigenvalue weighted by atomic mass is 9.86. The first kappa shape index (κ1) is 16.2. The molecule has 0 aliphatic heterocycles. The van der Waals surface area contributed by atoms with Crippen LogP contribution in [0.1, 0.15) is 26.3 Å². The molecule has 0 atom stereocenters. The van der Waals surface area contributed by atoms with Crippen LogP contribution in [0, 0.1) is 0 Å². The molecule has 4 aromatic rings. The van der Waals surface area contributed by atoms with Crippen molar-refractivity contribution in [2.75, 3.05) is 6.26 Å². The molecule has 0 spiro atoms. The van der Waals surface area contributed by atoms with Crippen molar-refractivity contribution in [2.24, 2.45) is 0 Å². The molecule has 2 heterocycles. The highest BCUT2D eigenvalue weighted by Crippen LogP contribution is 2.31. The largest absolute Gasteiger partial charge is 0.313 e. The third-order valence-corrected chi connectivity index (χ3v) is 5.42. The van der Waals surface area contributed by atoms with Crippen LogP contribution in [-0.2, 0) is 5.41 Å². The summed E-state index contributed by atoms with van der Waals surface area (Å²) >= 11 is 1.75. The molecule has 2 aromatic carbocycles.